The Hall–Kier alpha value is -2.53. The van der Waals surface area contributed by atoms with Crippen LogP contribution >= 0.6 is 0 Å². The fourth-order valence-electron chi connectivity index (χ4n) is 4.80. The van der Waals surface area contributed by atoms with Gasteiger partial charge in [0.15, 0.2) is 5.03 Å². The van der Waals surface area contributed by atoms with Gasteiger partial charge < -0.3 is 19.7 Å². The van der Waals surface area contributed by atoms with Crippen molar-refractivity contribution in [3.63, 3.8) is 0 Å². The van der Waals surface area contributed by atoms with Crippen molar-refractivity contribution in [2.75, 3.05) is 19.7 Å². The predicted octanol–water partition coefficient (Wildman–Crippen LogP) is 2.03. The average molecular weight is 517 g/mol. The average Bonchev–Trinajstić information content (AvgIpc) is 3.63. The van der Waals surface area contributed by atoms with Gasteiger partial charge >= 0.3 is 0 Å². The molecule has 2 aliphatic rings. The smallest absolute Gasteiger partial charge is 0.262 e. The van der Waals surface area contributed by atoms with E-state index in [0.717, 1.165) is 31.2 Å². The Morgan fingerprint density at radius 2 is 2.11 bits per heavy atom. The van der Waals surface area contributed by atoms with Crippen LogP contribution in [0.15, 0.2) is 60.0 Å². The highest BCUT2D eigenvalue weighted by Gasteiger charge is 2.34. The first-order valence-electron chi connectivity index (χ1n) is 12.6. The number of aryl methyl sites for hydroxylation is 1. The van der Waals surface area contributed by atoms with Crippen molar-refractivity contribution in [2.24, 2.45) is 13.0 Å². The van der Waals surface area contributed by atoms with E-state index in [9.17, 15) is 18.3 Å². The molecule has 10 heteroatoms. The highest BCUT2D eigenvalue weighted by atomic mass is 32.2. The van der Waals surface area contributed by atoms with Gasteiger partial charge in [0.1, 0.15) is 0 Å². The van der Waals surface area contributed by atoms with Crippen molar-refractivity contribution in [3.05, 3.63) is 60.6 Å². The Labute approximate surface area is 213 Å². The van der Waals surface area contributed by atoms with Crippen molar-refractivity contribution < 1.29 is 23.1 Å². The van der Waals surface area contributed by atoms with Gasteiger partial charge in [0, 0.05) is 39.4 Å². The van der Waals surface area contributed by atoms with Crippen molar-refractivity contribution in [1.29, 1.82) is 0 Å². The second kappa shape index (κ2) is 12.1. The first-order valence-corrected chi connectivity index (χ1v) is 14.0. The van der Waals surface area contributed by atoms with Crippen LogP contribution in [0.5, 0.6) is 0 Å². The Morgan fingerprint density at radius 1 is 1.31 bits per heavy atom. The molecule has 1 saturated heterocycles. The molecule has 4 atom stereocenters. The lowest BCUT2D eigenvalue weighted by atomic mass is 9.99. The number of carbonyl (C=O) groups is 1. The molecule has 1 aliphatic heterocycles. The number of nitrogens with zero attached hydrogens (tertiary/aromatic N) is 3. The molecule has 9 nitrogen and oxygen atoms in total. The number of sulfonamides is 1. The van der Waals surface area contributed by atoms with E-state index in [2.05, 4.69) is 22.5 Å². The van der Waals surface area contributed by atoms with Crippen molar-refractivity contribution >= 4 is 15.9 Å². The number of allylic oxidation sites excluding steroid dienone is 2. The van der Waals surface area contributed by atoms with E-state index in [1.807, 2.05) is 30.3 Å². The maximum atomic E-state index is 13.5. The van der Waals surface area contributed by atoms with E-state index in [-0.39, 0.29) is 36.0 Å². The monoisotopic (exact) mass is 516 g/mol. The Morgan fingerprint density at radius 3 is 2.75 bits per heavy atom. The number of imidazole rings is 1. The van der Waals surface area contributed by atoms with Gasteiger partial charge in [-0.2, -0.15) is 4.31 Å². The molecule has 2 N–H and O–H groups in total. The molecule has 0 spiro atoms. The second-order valence-electron chi connectivity index (χ2n) is 9.74. The zero-order valence-electron chi connectivity index (χ0n) is 20.7. The molecule has 2 heterocycles. The number of carbonyl (C=O) groups excluding carboxylic acids is 1. The summed E-state index contributed by atoms with van der Waals surface area (Å²) in [4.78, 5) is 16.9. The molecule has 1 aliphatic carbocycles. The summed E-state index contributed by atoms with van der Waals surface area (Å²) in [6.07, 6.45) is 9.91. The third kappa shape index (κ3) is 7.03. The van der Waals surface area contributed by atoms with Crippen LogP contribution < -0.4 is 5.32 Å². The number of rotatable bonds is 12. The van der Waals surface area contributed by atoms with Crippen LogP contribution in [0.25, 0.3) is 0 Å². The Balaban J connectivity index is 1.53. The lowest BCUT2D eigenvalue weighted by molar-refractivity contribution is -0.123. The molecular weight excluding hydrogens is 480 g/mol. The summed E-state index contributed by atoms with van der Waals surface area (Å²) in [5.41, 5.74) is 0.945. The summed E-state index contributed by atoms with van der Waals surface area (Å²) in [6.45, 7) is 0.529. The van der Waals surface area contributed by atoms with Gasteiger partial charge in [-0.15, -0.1) is 0 Å². The number of amides is 1. The molecule has 2 aromatic rings. The van der Waals surface area contributed by atoms with Crippen LogP contribution in [0.3, 0.4) is 0 Å². The van der Waals surface area contributed by atoms with Crippen LogP contribution in [0, 0.1) is 5.92 Å². The molecule has 1 aromatic heterocycles. The lowest BCUT2D eigenvalue weighted by Crippen LogP contribution is -2.51. The number of aliphatic hydroxyl groups excluding tert-OH is 1. The predicted molar refractivity (Wildman–Crippen MR) is 136 cm³/mol. The molecule has 0 bridgehead atoms. The topological polar surface area (TPSA) is 114 Å². The van der Waals surface area contributed by atoms with E-state index in [4.69, 9.17) is 4.74 Å². The summed E-state index contributed by atoms with van der Waals surface area (Å²) in [5, 5.41) is 14.3. The van der Waals surface area contributed by atoms with Crippen LogP contribution in [-0.2, 0) is 33.0 Å². The van der Waals surface area contributed by atoms with Crippen molar-refractivity contribution in [2.45, 2.75) is 61.8 Å². The lowest BCUT2D eigenvalue weighted by Gasteiger charge is -2.30. The number of aromatic nitrogens is 2. The fraction of sp³-hybridized carbons (Fsp3) is 0.538. The van der Waals surface area contributed by atoms with Crippen LogP contribution in [0.4, 0.5) is 0 Å². The van der Waals surface area contributed by atoms with E-state index in [0.29, 0.717) is 19.4 Å². The molecule has 1 amide bonds. The number of nitrogens with one attached hydrogen (secondary N) is 1. The van der Waals surface area contributed by atoms with Gasteiger partial charge in [-0.25, -0.2) is 13.4 Å². The van der Waals surface area contributed by atoms with Crippen LogP contribution in [0.1, 0.15) is 37.7 Å². The molecular formula is C26H36N4O5S. The summed E-state index contributed by atoms with van der Waals surface area (Å²) in [5.74, 6) is 0.0462. The Bertz CT molecular complexity index is 1130. The van der Waals surface area contributed by atoms with Crippen molar-refractivity contribution in [3.8, 4) is 0 Å². The normalized spacial score (nSPS) is 21.6. The molecule has 196 valence electrons. The molecule has 1 unspecified atom stereocenters. The third-order valence-corrected chi connectivity index (χ3v) is 8.49. The number of ether oxygens (including phenoxy) is 1. The van der Waals surface area contributed by atoms with E-state index >= 15 is 0 Å². The van der Waals surface area contributed by atoms with Crippen molar-refractivity contribution in [1.82, 2.24) is 19.2 Å². The minimum Gasteiger partial charge on any atom is -0.390 e. The number of benzene rings is 1. The van der Waals surface area contributed by atoms with Gasteiger partial charge in [-0.3, -0.25) is 4.79 Å². The molecule has 0 radical (unpaired) electrons. The van der Waals surface area contributed by atoms with Gasteiger partial charge in [0.05, 0.1) is 24.6 Å². The van der Waals surface area contributed by atoms with Gasteiger partial charge in [0.25, 0.3) is 10.0 Å². The van der Waals surface area contributed by atoms with E-state index in [1.54, 1.807) is 11.6 Å². The second-order valence-corrected chi connectivity index (χ2v) is 11.6. The highest BCUT2D eigenvalue weighted by Crippen LogP contribution is 2.22. The van der Waals surface area contributed by atoms with Gasteiger partial charge in [-0.1, -0.05) is 42.5 Å². The Kier molecular flexibility index (Phi) is 8.95. The fourth-order valence-corrected chi connectivity index (χ4v) is 6.25. The minimum atomic E-state index is -3.98. The first kappa shape index (κ1) is 26.5. The highest BCUT2D eigenvalue weighted by molar-refractivity contribution is 7.89. The quantitative estimate of drug-likeness (QED) is 0.418. The first-order chi connectivity index (χ1) is 17.3. The molecule has 0 saturated carbocycles. The molecule has 1 aromatic carbocycles. The standard InChI is InChI=1S/C26H36N4O5S/c1-29-18-26(27-19-29)36(33,34)30(16-22-12-7-13-35-22)17-24(31)23(14-20-8-3-2-4-9-20)28-25(32)15-21-10-5-6-11-21/h2-5,8-10,18-19,21-24,31H,6-7,11-17H2,1H3,(H,28,32)/t21?,22-,23+,24-/m1/s1. The number of hydrogen-bond donors (Lipinski definition) is 2. The zero-order chi connectivity index (χ0) is 25.5. The maximum absolute atomic E-state index is 13.5. The molecule has 4 rings (SSSR count). The summed E-state index contributed by atoms with van der Waals surface area (Å²) in [7, 11) is -2.27. The minimum absolute atomic E-state index is 0.0770. The van der Waals surface area contributed by atoms with Gasteiger partial charge in [0.2, 0.25) is 5.91 Å². The summed E-state index contributed by atoms with van der Waals surface area (Å²) < 4.78 is 35.5. The maximum Gasteiger partial charge on any atom is 0.262 e. The third-order valence-electron chi connectivity index (χ3n) is 6.78. The molecule has 36 heavy (non-hydrogen) atoms. The number of aliphatic hydroxyl groups is 1. The van der Waals surface area contributed by atoms with Crippen LogP contribution in [0.2, 0.25) is 0 Å². The van der Waals surface area contributed by atoms with E-state index < -0.39 is 22.2 Å². The number of hydrogen-bond acceptors (Lipinski definition) is 6. The SMILES string of the molecule is Cn1cnc(S(=O)(=O)N(C[C@H]2CCCO2)C[C@@H](O)[C@H](Cc2ccccc2)NC(=O)CC2C=CCC2)c1. The summed E-state index contributed by atoms with van der Waals surface area (Å²) in [6, 6.07) is 8.91. The van der Waals surface area contributed by atoms with Crippen LogP contribution in [-0.4, -0.2) is 71.2 Å². The molecule has 1 fully saturated rings. The summed E-state index contributed by atoms with van der Waals surface area (Å²) >= 11 is 0. The zero-order valence-corrected chi connectivity index (χ0v) is 21.5. The largest absolute Gasteiger partial charge is 0.390 e. The van der Waals surface area contributed by atoms with E-state index in [1.165, 1.54) is 16.8 Å². The van der Waals surface area contributed by atoms with Gasteiger partial charge in [-0.05, 0) is 43.6 Å².